The number of hydrogen-bond donors (Lipinski definition) is 1. The van der Waals surface area contributed by atoms with Gasteiger partial charge in [0.05, 0.1) is 0 Å². The predicted molar refractivity (Wildman–Crippen MR) is 61.3 cm³/mol. The first-order valence-electron chi connectivity index (χ1n) is 6.55. The Morgan fingerprint density at radius 1 is 0.857 bits per heavy atom. The van der Waals surface area contributed by atoms with E-state index in [4.69, 9.17) is 0 Å². The smallest absolute Gasteiger partial charge is 0.00463 e. The average molecular weight is 195 g/mol. The van der Waals surface area contributed by atoms with Gasteiger partial charge in [-0.15, -0.1) is 0 Å². The molecular weight excluding hydrogens is 170 g/mol. The van der Waals surface area contributed by atoms with Crippen LogP contribution in [0.1, 0.15) is 51.9 Å². The molecule has 2 aliphatic rings. The van der Waals surface area contributed by atoms with Crippen LogP contribution >= 0.6 is 0 Å². The lowest BCUT2D eigenvalue weighted by Gasteiger charge is -2.31. The molecule has 1 aliphatic heterocycles. The summed E-state index contributed by atoms with van der Waals surface area (Å²) >= 11 is 0. The molecule has 2 rings (SSSR count). The van der Waals surface area contributed by atoms with Crippen LogP contribution < -0.4 is 5.32 Å². The van der Waals surface area contributed by atoms with E-state index in [0.29, 0.717) is 0 Å². The zero-order valence-electron chi connectivity index (χ0n) is 9.60. The number of rotatable bonds is 2. The zero-order valence-corrected chi connectivity index (χ0v) is 9.60. The summed E-state index contributed by atoms with van der Waals surface area (Å²) in [5.74, 6) is 3.14. The van der Waals surface area contributed by atoms with Crippen molar-refractivity contribution >= 4 is 0 Å². The Kier molecular flexibility index (Phi) is 3.86. The minimum Gasteiger partial charge on any atom is -0.317 e. The van der Waals surface area contributed by atoms with E-state index in [1.165, 1.54) is 58.0 Å². The topological polar surface area (TPSA) is 12.0 Å². The van der Waals surface area contributed by atoms with Gasteiger partial charge in [-0.2, -0.15) is 0 Å². The van der Waals surface area contributed by atoms with Crippen LogP contribution in [0.4, 0.5) is 0 Å². The second kappa shape index (κ2) is 5.16. The van der Waals surface area contributed by atoms with Crippen molar-refractivity contribution in [3.8, 4) is 0 Å². The summed E-state index contributed by atoms with van der Waals surface area (Å²) in [6.07, 6.45) is 10.4. The van der Waals surface area contributed by atoms with Gasteiger partial charge >= 0.3 is 0 Å². The molecule has 1 N–H and O–H groups in total. The fourth-order valence-corrected chi connectivity index (χ4v) is 3.15. The van der Waals surface area contributed by atoms with Crippen LogP contribution in [0.15, 0.2) is 0 Å². The second-order valence-corrected chi connectivity index (χ2v) is 5.55. The van der Waals surface area contributed by atoms with Crippen molar-refractivity contribution in [3.05, 3.63) is 0 Å². The number of nitrogens with one attached hydrogen (secondary N) is 1. The Balaban J connectivity index is 1.68. The molecular formula is C13H25N. The zero-order chi connectivity index (χ0) is 9.80. The SMILES string of the molecule is CC1CCC(CC2CCNCC2)CC1. The molecule has 0 aromatic rings. The van der Waals surface area contributed by atoms with E-state index in [0.717, 1.165) is 17.8 Å². The van der Waals surface area contributed by atoms with Crippen LogP contribution in [0.5, 0.6) is 0 Å². The highest BCUT2D eigenvalue weighted by molar-refractivity contribution is 4.76. The maximum atomic E-state index is 3.46. The fourth-order valence-electron chi connectivity index (χ4n) is 3.15. The molecule has 2 fully saturated rings. The van der Waals surface area contributed by atoms with Crippen LogP contribution in [0.3, 0.4) is 0 Å². The standard InChI is InChI=1S/C13H25N/c1-11-2-4-12(5-3-11)10-13-6-8-14-9-7-13/h11-14H,2-10H2,1H3. The minimum atomic E-state index is 1.01. The van der Waals surface area contributed by atoms with Gasteiger partial charge in [-0.05, 0) is 50.1 Å². The van der Waals surface area contributed by atoms with Crippen molar-refractivity contribution < 1.29 is 0 Å². The maximum Gasteiger partial charge on any atom is -0.00463 e. The molecule has 1 nitrogen and oxygen atoms in total. The molecule has 0 aromatic heterocycles. The molecule has 0 bridgehead atoms. The van der Waals surface area contributed by atoms with Gasteiger partial charge < -0.3 is 5.32 Å². The highest BCUT2D eigenvalue weighted by Gasteiger charge is 2.22. The van der Waals surface area contributed by atoms with E-state index in [2.05, 4.69) is 12.2 Å². The van der Waals surface area contributed by atoms with E-state index in [-0.39, 0.29) is 0 Å². The van der Waals surface area contributed by atoms with Gasteiger partial charge in [0.25, 0.3) is 0 Å². The van der Waals surface area contributed by atoms with Gasteiger partial charge in [0.2, 0.25) is 0 Å². The van der Waals surface area contributed by atoms with Crippen LogP contribution in [0, 0.1) is 17.8 Å². The van der Waals surface area contributed by atoms with Crippen molar-refractivity contribution in [1.82, 2.24) is 5.32 Å². The van der Waals surface area contributed by atoms with Gasteiger partial charge in [0.1, 0.15) is 0 Å². The first kappa shape index (κ1) is 10.5. The predicted octanol–water partition coefficient (Wildman–Crippen LogP) is 3.20. The van der Waals surface area contributed by atoms with Crippen molar-refractivity contribution in [2.75, 3.05) is 13.1 Å². The molecule has 1 aliphatic carbocycles. The third-order valence-corrected chi connectivity index (χ3v) is 4.26. The lowest BCUT2D eigenvalue weighted by molar-refractivity contribution is 0.223. The molecule has 1 saturated heterocycles. The number of hydrogen-bond acceptors (Lipinski definition) is 1. The van der Waals surface area contributed by atoms with Crippen LogP contribution in [-0.4, -0.2) is 13.1 Å². The normalized spacial score (nSPS) is 35.8. The van der Waals surface area contributed by atoms with E-state index >= 15 is 0 Å². The summed E-state index contributed by atoms with van der Waals surface area (Å²) in [4.78, 5) is 0. The lowest BCUT2D eigenvalue weighted by atomic mass is 9.77. The van der Waals surface area contributed by atoms with Gasteiger partial charge in [0, 0.05) is 0 Å². The lowest BCUT2D eigenvalue weighted by Crippen LogP contribution is -2.29. The second-order valence-electron chi connectivity index (χ2n) is 5.55. The van der Waals surface area contributed by atoms with Crippen molar-refractivity contribution in [2.24, 2.45) is 17.8 Å². The molecule has 82 valence electrons. The third-order valence-electron chi connectivity index (χ3n) is 4.26. The van der Waals surface area contributed by atoms with Crippen LogP contribution in [-0.2, 0) is 0 Å². The quantitative estimate of drug-likeness (QED) is 0.713. The Labute approximate surface area is 88.7 Å². The van der Waals surface area contributed by atoms with Crippen molar-refractivity contribution in [3.63, 3.8) is 0 Å². The van der Waals surface area contributed by atoms with Crippen molar-refractivity contribution in [2.45, 2.75) is 51.9 Å². The van der Waals surface area contributed by atoms with E-state index < -0.39 is 0 Å². The Morgan fingerprint density at radius 2 is 1.43 bits per heavy atom. The molecule has 0 atom stereocenters. The summed E-state index contributed by atoms with van der Waals surface area (Å²) in [6, 6.07) is 0. The average Bonchev–Trinajstić information content (AvgIpc) is 2.23. The molecule has 0 spiro atoms. The van der Waals surface area contributed by atoms with Gasteiger partial charge in [-0.1, -0.05) is 32.6 Å². The summed E-state index contributed by atoms with van der Waals surface area (Å²) in [7, 11) is 0. The third kappa shape index (κ3) is 2.98. The molecule has 14 heavy (non-hydrogen) atoms. The fraction of sp³-hybridized carbons (Fsp3) is 1.00. The highest BCUT2D eigenvalue weighted by Crippen LogP contribution is 2.34. The van der Waals surface area contributed by atoms with Gasteiger partial charge in [0.15, 0.2) is 0 Å². The van der Waals surface area contributed by atoms with Crippen LogP contribution in [0.2, 0.25) is 0 Å². The summed E-state index contributed by atoms with van der Waals surface area (Å²) in [5.41, 5.74) is 0. The molecule has 0 amide bonds. The highest BCUT2D eigenvalue weighted by atomic mass is 14.9. The number of piperidine rings is 1. The maximum absolute atomic E-state index is 3.46. The first-order chi connectivity index (χ1) is 6.84. The van der Waals surface area contributed by atoms with E-state index in [1.807, 2.05) is 0 Å². The van der Waals surface area contributed by atoms with E-state index in [9.17, 15) is 0 Å². The molecule has 1 heterocycles. The monoisotopic (exact) mass is 195 g/mol. The molecule has 0 aromatic carbocycles. The Bertz CT molecular complexity index is 153. The minimum absolute atomic E-state index is 1.01. The largest absolute Gasteiger partial charge is 0.317 e. The molecule has 1 saturated carbocycles. The summed E-state index contributed by atoms with van der Waals surface area (Å²) < 4.78 is 0. The molecule has 0 unspecified atom stereocenters. The Morgan fingerprint density at radius 3 is 2.07 bits per heavy atom. The van der Waals surface area contributed by atoms with Gasteiger partial charge in [-0.3, -0.25) is 0 Å². The molecule has 1 heteroatoms. The van der Waals surface area contributed by atoms with Crippen molar-refractivity contribution in [1.29, 1.82) is 0 Å². The van der Waals surface area contributed by atoms with Gasteiger partial charge in [-0.25, -0.2) is 0 Å². The van der Waals surface area contributed by atoms with E-state index in [1.54, 1.807) is 0 Å². The Hall–Kier alpha value is -0.0400. The summed E-state index contributed by atoms with van der Waals surface area (Å²) in [6.45, 7) is 4.96. The first-order valence-corrected chi connectivity index (χ1v) is 6.55. The molecule has 0 radical (unpaired) electrons. The van der Waals surface area contributed by atoms with Crippen LogP contribution in [0.25, 0.3) is 0 Å². The summed E-state index contributed by atoms with van der Waals surface area (Å²) in [5, 5.41) is 3.46.